The molecule has 0 spiro atoms. The topological polar surface area (TPSA) is 35.0 Å². The molecule has 0 aliphatic rings. The summed E-state index contributed by atoms with van der Waals surface area (Å²) in [6, 6.07) is 0. The van der Waals surface area contributed by atoms with E-state index in [0.717, 1.165) is 12.1 Å². The van der Waals surface area contributed by atoms with E-state index in [1.54, 1.807) is 12.4 Å². The second-order valence-corrected chi connectivity index (χ2v) is 2.87. The highest BCUT2D eigenvalue weighted by Gasteiger charge is 1.98. The van der Waals surface area contributed by atoms with Crippen LogP contribution in [-0.4, -0.2) is 16.1 Å². The van der Waals surface area contributed by atoms with Crippen LogP contribution in [-0.2, 0) is 6.42 Å². The standard InChI is InChI=1S/C9H14N2O/c1-4-8-5-11-9(6-10-8)12-7(2)3/h5-7H,4H2,1-3H3. The molecule has 0 unspecified atom stereocenters. The number of ether oxygens (including phenoxy) is 1. The average Bonchev–Trinajstić information content (AvgIpc) is 2.05. The highest BCUT2D eigenvalue weighted by molar-refractivity contribution is 5.07. The monoisotopic (exact) mass is 166 g/mol. The Kier molecular flexibility index (Phi) is 3.02. The zero-order valence-corrected chi connectivity index (χ0v) is 7.74. The largest absolute Gasteiger partial charge is 0.474 e. The first-order valence-electron chi connectivity index (χ1n) is 4.20. The Morgan fingerprint density at radius 2 is 2.08 bits per heavy atom. The summed E-state index contributed by atoms with van der Waals surface area (Å²) in [7, 11) is 0. The molecule has 0 fully saturated rings. The molecular formula is C9H14N2O. The number of aryl methyl sites for hydroxylation is 1. The second kappa shape index (κ2) is 4.04. The normalized spacial score (nSPS) is 10.3. The van der Waals surface area contributed by atoms with Crippen LogP contribution in [0.1, 0.15) is 26.5 Å². The first-order valence-corrected chi connectivity index (χ1v) is 4.20. The number of hydrogen-bond donors (Lipinski definition) is 0. The molecule has 12 heavy (non-hydrogen) atoms. The number of nitrogens with zero attached hydrogens (tertiary/aromatic N) is 2. The van der Waals surface area contributed by atoms with Crippen molar-refractivity contribution in [2.75, 3.05) is 0 Å². The van der Waals surface area contributed by atoms with Gasteiger partial charge < -0.3 is 4.74 Å². The van der Waals surface area contributed by atoms with E-state index in [1.165, 1.54) is 0 Å². The first kappa shape index (κ1) is 8.97. The number of aromatic nitrogens is 2. The zero-order chi connectivity index (χ0) is 8.97. The molecule has 1 rings (SSSR count). The van der Waals surface area contributed by atoms with Gasteiger partial charge in [-0.1, -0.05) is 6.92 Å². The predicted molar refractivity (Wildman–Crippen MR) is 47.2 cm³/mol. The quantitative estimate of drug-likeness (QED) is 0.687. The number of rotatable bonds is 3. The van der Waals surface area contributed by atoms with Crippen LogP contribution in [0.3, 0.4) is 0 Å². The van der Waals surface area contributed by atoms with Crippen molar-refractivity contribution in [3.05, 3.63) is 18.1 Å². The van der Waals surface area contributed by atoms with Gasteiger partial charge in [-0.3, -0.25) is 4.98 Å². The van der Waals surface area contributed by atoms with Gasteiger partial charge in [0.15, 0.2) is 0 Å². The van der Waals surface area contributed by atoms with Crippen LogP contribution in [0.2, 0.25) is 0 Å². The minimum Gasteiger partial charge on any atom is -0.474 e. The number of hydrogen-bond acceptors (Lipinski definition) is 3. The van der Waals surface area contributed by atoms with Gasteiger partial charge in [0, 0.05) is 0 Å². The predicted octanol–water partition coefficient (Wildman–Crippen LogP) is 1.83. The second-order valence-electron chi connectivity index (χ2n) is 2.87. The third-order valence-electron chi connectivity index (χ3n) is 1.40. The van der Waals surface area contributed by atoms with Crippen molar-refractivity contribution in [2.45, 2.75) is 33.3 Å². The zero-order valence-electron chi connectivity index (χ0n) is 7.74. The Labute approximate surface area is 72.8 Å². The van der Waals surface area contributed by atoms with Gasteiger partial charge in [0.25, 0.3) is 0 Å². The van der Waals surface area contributed by atoms with Gasteiger partial charge in [-0.25, -0.2) is 4.98 Å². The van der Waals surface area contributed by atoms with Crippen molar-refractivity contribution in [3.63, 3.8) is 0 Å². The molecule has 0 saturated carbocycles. The first-order chi connectivity index (χ1) is 5.72. The average molecular weight is 166 g/mol. The SMILES string of the molecule is CCc1cnc(OC(C)C)cn1. The lowest BCUT2D eigenvalue weighted by atomic mass is 10.4. The fraction of sp³-hybridized carbons (Fsp3) is 0.556. The molecule has 0 radical (unpaired) electrons. The van der Waals surface area contributed by atoms with Crippen molar-refractivity contribution >= 4 is 0 Å². The van der Waals surface area contributed by atoms with Gasteiger partial charge in [-0.15, -0.1) is 0 Å². The molecule has 0 aliphatic carbocycles. The molecular weight excluding hydrogens is 152 g/mol. The molecule has 0 bridgehead atoms. The van der Waals surface area contributed by atoms with Gasteiger partial charge in [0.2, 0.25) is 5.88 Å². The molecule has 0 aromatic carbocycles. The lowest BCUT2D eigenvalue weighted by molar-refractivity contribution is 0.231. The van der Waals surface area contributed by atoms with Crippen LogP contribution in [0, 0.1) is 0 Å². The van der Waals surface area contributed by atoms with E-state index in [4.69, 9.17) is 4.74 Å². The van der Waals surface area contributed by atoms with Crippen LogP contribution < -0.4 is 4.74 Å². The van der Waals surface area contributed by atoms with Crippen molar-refractivity contribution in [2.24, 2.45) is 0 Å². The Morgan fingerprint density at radius 1 is 1.33 bits per heavy atom. The van der Waals surface area contributed by atoms with E-state index in [0.29, 0.717) is 5.88 Å². The van der Waals surface area contributed by atoms with Crippen LogP contribution >= 0.6 is 0 Å². The summed E-state index contributed by atoms with van der Waals surface area (Å²) in [6.45, 7) is 5.98. The van der Waals surface area contributed by atoms with Crippen LogP contribution in [0.25, 0.3) is 0 Å². The summed E-state index contributed by atoms with van der Waals surface area (Å²) in [5.74, 6) is 0.599. The molecule has 0 atom stereocenters. The lowest BCUT2D eigenvalue weighted by Crippen LogP contribution is -2.07. The van der Waals surface area contributed by atoms with Gasteiger partial charge >= 0.3 is 0 Å². The van der Waals surface area contributed by atoms with Gasteiger partial charge in [0.05, 0.1) is 24.2 Å². The molecule has 1 aromatic heterocycles. The third-order valence-corrected chi connectivity index (χ3v) is 1.40. The van der Waals surface area contributed by atoms with E-state index in [-0.39, 0.29) is 6.10 Å². The van der Waals surface area contributed by atoms with Crippen molar-refractivity contribution in [3.8, 4) is 5.88 Å². The summed E-state index contributed by atoms with van der Waals surface area (Å²) in [6.07, 6.45) is 4.48. The molecule has 3 nitrogen and oxygen atoms in total. The van der Waals surface area contributed by atoms with Crippen LogP contribution in [0.5, 0.6) is 5.88 Å². The summed E-state index contributed by atoms with van der Waals surface area (Å²) < 4.78 is 5.34. The van der Waals surface area contributed by atoms with Crippen molar-refractivity contribution in [1.29, 1.82) is 0 Å². The van der Waals surface area contributed by atoms with E-state index < -0.39 is 0 Å². The maximum atomic E-state index is 5.34. The molecule has 66 valence electrons. The van der Waals surface area contributed by atoms with Crippen molar-refractivity contribution < 1.29 is 4.74 Å². The maximum Gasteiger partial charge on any atom is 0.232 e. The minimum absolute atomic E-state index is 0.159. The molecule has 0 N–H and O–H groups in total. The molecule has 1 aromatic rings. The molecule has 0 amide bonds. The highest BCUT2D eigenvalue weighted by atomic mass is 16.5. The van der Waals surface area contributed by atoms with E-state index in [9.17, 15) is 0 Å². The van der Waals surface area contributed by atoms with E-state index >= 15 is 0 Å². The molecule has 1 heterocycles. The van der Waals surface area contributed by atoms with Crippen molar-refractivity contribution in [1.82, 2.24) is 9.97 Å². The Balaban J connectivity index is 2.65. The Hall–Kier alpha value is -1.12. The summed E-state index contributed by atoms with van der Waals surface area (Å²) in [4.78, 5) is 8.27. The Bertz CT molecular complexity index is 231. The summed E-state index contributed by atoms with van der Waals surface area (Å²) >= 11 is 0. The van der Waals surface area contributed by atoms with Crippen LogP contribution in [0.4, 0.5) is 0 Å². The summed E-state index contributed by atoms with van der Waals surface area (Å²) in [5.41, 5.74) is 0.992. The summed E-state index contributed by atoms with van der Waals surface area (Å²) in [5, 5.41) is 0. The fourth-order valence-electron chi connectivity index (χ4n) is 0.828. The van der Waals surface area contributed by atoms with Gasteiger partial charge in [0.1, 0.15) is 0 Å². The van der Waals surface area contributed by atoms with Crippen LogP contribution in [0.15, 0.2) is 12.4 Å². The minimum atomic E-state index is 0.159. The van der Waals surface area contributed by atoms with Gasteiger partial charge in [-0.05, 0) is 20.3 Å². The fourth-order valence-corrected chi connectivity index (χ4v) is 0.828. The van der Waals surface area contributed by atoms with E-state index in [1.807, 2.05) is 20.8 Å². The smallest absolute Gasteiger partial charge is 0.232 e. The van der Waals surface area contributed by atoms with Gasteiger partial charge in [-0.2, -0.15) is 0 Å². The molecule has 3 heteroatoms. The molecule has 0 saturated heterocycles. The maximum absolute atomic E-state index is 5.34. The highest BCUT2D eigenvalue weighted by Crippen LogP contribution is 2.06. The van der Waals surface area contributed by atoms with E-state index in [2.05, 4.69) is 9.97 Å². The Morgan fingerprint density at radius 3 is 2.50 bits per heavy atom. The lowest BCUT2D eigenvalue weighted by Gasteiger charge is -2.07. The molecule has 0 aliphatic heterocycles. The third kappa shape index (κ3) is 2.49.